The number of ether oxygens (including phenoxy) is 1. The molecule has 0 unspecified atom stereocenters. The molecule has 4 rings (SSSR count). The molecule has 0 aliphatic carbocycles. The van der Waals surface area contributed by atoms with Crippen LogP contribution in [0.1, 0.15) is 27.2 Å². The van der Waals surface area contributed by atoms with Crippen LogP contribution in [0.3, 0.4) is 0 Å². The lowest BCUT2D eigenvalue weighted by Gasteiger charge is -2.14. The molecule has 2 aromatic heterocycles. The highest BCUT2D eigenvalue weighted by atomic mass is 19.1. The fraction of sp³-hybridized carbons (Fsp3) is 0.154. The van der Waals surface area contributed by atoms with Crippen LogP contribution in [-0.2, 0) is 11.3 Å². The van der Waals surface area contributed by atoms with Crippen LogP contribution in [0, 0.1) is 19.7 Å². The molecule has 0 bridgehead atoms. The molecular weight excluding hydrogens is 437 g/mol. The second-order valence-corrected chi connectivity index (χ2v) is 7.90. The number of aryl methyl sites for hydroxylation is 2. The van der Waals surface area contributed by atoms with Crippen molar-refractivity contribution in [3.63, 3.8) is 0 Å². The van der Waals surface area contributed by atoms with Gasteiger partial charge >= 0.3 is 0 Å². The van der Waals surface area contributed by atoms with E-state index in [1.165, 1.54) is 23.9 Å². The third kappa shape index (κ3) is 4.56. The van der Waals surface area contributed by atoms with E-state index in [0.717, 1.165) is 0 Å². The maximum Gasteiger partial charge on any atom is 0.244 e. The molecule has 2 heterocycles. The molecule has 0 spiro atoms. The Hall–Kier alpha value is -4.33. The van der Waals surface area contributed by atoms with Gasteiger partial charge in [0.15, 0.2) is 5.78 Å². The molecule has 1 amide bonds. The fourth-order valence-electron chi connectivity index (χ4n) is 3.59. The third-order valence-electron chi connectivity index (χ3n) is 5.41. The van der Waals surface area contributed by atoms with Gasteiger partial charge in [0.25, 0.3) is 0 Å². The molecule has 172 valence electrons. The highest BCUT2D eigenvalue weighted by Gasteiger charge is 2.19. The molecule has 0 aliphatic heterocycles. The lowest BCUT2D eigenvalue weighted by atomic mass is 10.0. The highest BCUT2D eigenvalue weighted by molar-refractivity contribution is 6.10. The number of methoxy groups -OCH3 is 1. The first-order valence-corrected chi connectivity index (χ1v) is 10.5. The quantitative estimate of drug-likeness (QED) is 0.440. The fourth-order valence-corrected chi connectivity index (χ4v) is 3.59. The number of hydrogen-bond acceptors (Lipinski definition) is 5. The summed E-state index contributed by atoms with van der Waals surface area (Å²) in [5.74, 6) is -0.915. The van der Waals surface area contributed by atoms with Gasteiger partial charge in [-0.25, -0.2) is 9.37 Å². The molecule has 8 heteroatoms. The van der Waals surface area contributed by atoms with Crippen molar-refractivity contribution in [1.82, 2.24) is 9.55 Å². The highest BCUT2D eigenvalue weighted by Crippen LogP contribution is 2.18. The molecule has 0 saturated heterocycles. The van der Waals surface area contributed by atoms with Crippen LogP contribution in [0.15, 0.2) is 65.6 Å². The second kappa shape index (κ2) is 9.27. The van der Waals surface area contributed by atoms with E-state index < -0.39 is 22.9 Å². The number of pyridine rings is 2. The SMILES string of the molecule is COc1cccc(C(=O)c2cn(CC(=O)Nc3ccc(C)c(F)c3)c3nc(C)ccc3c2=O)c1. The Labute approximate surface area is 194 Å². The molecular formula is C26H22FN3O4. The van der Waals surface area contributed by atoms with Crippen LogP contribution < -0.4 is 15.5 Å². The Morgan fingerprint density at radius 1 is 1.09 bits per heavy atom. The summed E-state index contributed by atoms with van der Waals surface area (Å²) in [6.07, 6.45) is 1.34. The Kier molecular flexibility index (Phi) is 6.23. The van der Waals surface area contributed by atoms with Gasteiger partial charge < -0.3 is 14.6 Å². The zero-order valence-electron chi connectivity index (χ0n) is 18.9. The smallest absolute Gasteiger partial charge is 0.244 e. The van der Waals surface area contributed by atoms with Crippen molar-refractivity contribution < 1.29 is 18.7 Å². The van der Waals surface area contributed by atoms with Crippen molar-refractivity contribution in [2.45, 2.75) is 20.4 Å². The average molecular weight is 459 g/mol. The number of anilines is 1. The van der Waals surface area contributed by atoms with Crippen molar-refractivity contribution in [1.29, 1.82) is 0 Å². The number of aromatic nitrogens is 2. The van der Waals surface area contributed by atoms with Crippen molar-refractivity contribution in [3.8, 4) is 5.75 Å². The topological polar surface area (TPSA) is 90.3 Å². The van der Waals surface area contributed by atoms with E-state index in [9.17, 15) is 18.8 Å². The summed E-state index contributed by atoms with van der Waals surface area (Å²) in [5, 5.41) is 2.86. The van der Waals surface area contributed by atoms with Gasteiger partial charge in [-0.2, -0.15) is 0 Å². The number of halogens is 1. The number of benzene rings is 2. The average Bonchev–Trinajstić information content (AvgIpc) is 2.82. The Morgan fingerprint density at radius 3 is 2.62 bits per heavy atom. The number of fused-ring (bicyclic) bond motifs is 1. The monoisotopic (exact) mass is 459 g/mol. The van der Waals surface area contributed by atoms with Crippen LogP contribution >= 0.6 is 0 Å². The van der Waals surface area contributed by atoms with Crippen molar-refractivity contribution in [2.24, 2.45) is 0 Å². The summed E-state index contributed by atoms with van der Waals surface area (Å²) >= 11 is 0. The lowest BCUT2D eigenvalue weighted by molar-refractivity contribution is -0.116. The zero-order valence-corrected chi connectivity index (χ0v) is 18.9. The molecule has 0 radical (unpaired) electrons. The van der Waals surface area contributed by atoms with E-state index in [0.29, 0.717) is 22.7 Å². The van der Waals surface area contributed by atoms with Crippen molar-refractivity contribution in [3.05, 3.63) is 99.2 Å². The lowest BCUT2D eigenvalue weighted by Crippen LogP contribution is -2.25. The van der Waals surface area contributed by atoms with Crippen molar-refractivity contribution >= 4 is 28.4 Å². The summed E-state index contributed by atoms with van der Waals surface area (Å²) in [5.41, 5.74) is 1.39. The van der Waals surface area contributed by atoms with Crippen molar-refractivity contribution in [2.75, 3.05) is 12.4 Å². The van der Waals surface area contributed by atoms with Crippen LogP contribution in [0.4, 0.5) is 10.1 Å². The number of hydrogen-bond donors (Lipinski definition) is 1. The second-order valence-electron chi connectivity index (χ2n) is 7.90. The first-order chi connectivity index (χ1) is 16.3. The predicted molar refractivity (Wildman–Crippen MR) is 127 cm³/mol. The van der Waals surface area contributed by atoms with Gasteiger partial charge in [-0.3, -0.25) is 14.4 Å². The molecule has 4 aromatic rings. The normalized spacial score (nSPS) is 10.8. The standard InChI is InChI=1S/C26H22FN3O4/c1-15-7-9-18(12-22(15)27)29-23(31)14-30-13-21(24(32)17-5-4-6-19(11-17)34-3)25(33)20-10-8-16(2)28-26(20)30/h4-13H,14H2,1-3H3,(H,29,31). The Balaban J connectivity index is 1.75. The summed E-state index contributed by atoms with van der Waals surface area (Å²) < 4.78 is 20.5. The van der Waals surface area contributed by atoms with Crippen LogP contribution in [0.5, 0.6) is 5.75 Å². The number of ketones is 1. The molecule has 0 aliphatic rings. The number of rotatable bonds is 6. The van der Waals surface area contributed by atoms with Gasteiger partial charge in [0, 0.05) is 23.1 Å². The summed E-state index contributed by atoms with van der Waals surface area (Å²) in [4.78, 5) is 43.6. The van der Waals surface area contributed by atoms with Gasteiger partial charge in [-0.05, 0) is 55.8 Å². The number of nitrogens with zero attached hydrogens (tertiary/aromatic N) is 2. The number of carbonyl (C=O) groups is 2. The van der Waals surface area contributed by atoms with Crippen LogP contribution in [-0.4, -0.2) is 28.4 Å². The Bertz CT molecular complexity index is 1490. The minimum absolute atomic E-state index is 0.0967. The number of carbonyl (C=O) groups excluding carboxylic acids is 2. The van der Waals surface area contributed by atoms with Gasteiger partial charge in [-0.1, -0.05) is 18.2 Å². The number of nitrogens with one attached hydrogen (secondary N) is 1. The van der Waals surface area contributed by atoms with E-state index >= 15 is 0 Å². The molecule has 2 aromatic carbocycles. The van der Waals surface area contributed by atoms with Gasteiger partial charge in [0.2, 0.25) is 11.3 Å². The van der Waals surface area contributed by atoms with Gasteiger partial charge in [0.05, 0.1) is 18.1 Å². The molecule has 7 nitrogen and oxygen atoms in total. The van der Waals surface area contributed by atoms with E-state index in [1.807, 2.05) is 0 Å². The summed E-state index contributed by atoms with van der Waals surface area (Å²) in [6, 6.07) is 14.1. The van der Waals surface area contributed by atoms with Gasteiger partial charge in [0.1, 0.15) is 23.8 Å². The first kappa shape index (κ1) is 22.8. The maximum absolute atomic E-state index is 13.9. The minimum atomic E-state index is -0.499. The van der Waals surface area contributed by atoms with Crippen LogP contribution in [0.25, 0.3) is 11.0 Å². The van der Waals surface area contributed by atoms with E-state index in [1.54, 1.807) is 62.4 Å². The minimum Gasteiger partial charge on any atom is -0.497 e. The zero-order chi connectivity index (χ0) is 24.4. The number of amides is 1. The van der Waals surface area contributed by atoms with Crippen LogP contribution in [0.2, 0.25) is 0 Å². The molecule has 1 N–H and O–H groups in total. The predicted octanol–water partition coefficient (Wildman–Crippen LogP) is 4.03. The molecule has 0 saturated carbocycles. The van der Waals surface area contributed by atoms with E-state index in [2.05, 4.69) is 10.3 Å². The van der Waals surface area contributed by atoms with E-state index in [4.69, 9.17) is 4.74 Å². The summed E-state index contributed by atoms with van der Waals surface area (Å²) in [6.45, 7) is 3.15. The summed E-state index contributed by atoms with van der Waals surface area (Å²) in [7, 11) is 1.49. The maximum atomic E-state index is 13.9. The first-order valence-electron chi connectivity index (χ1n) is 10.5. The largest absolute Gasteiger partial charge is 0.497 e. The third-order valence-corrected chi connectivity index (χ3v) is 5.41. The molecule has 0 fully saturated rings. The molecule has 0 atom stereocenters. The van der Waals surface area contributed by atoms with E-state index in [-0.39, 0.29) is 28.7 Å². The molecule has 34 heavy (non-hydrogen) atoms. The van der Waals surface area contributed by atoms with Gasteiger partial charge in [-0.15, -0.1) is 0 Å². The Morgan fingerprint density at radius 2 is 1.88 bits per heavy atom.